The lowest BCUT2D eigenvalue weighted by Crippen LogP contribution is -2.36. The van der Waals surface area contributed by atoms with Crippen LogP contribution >= 0.6 is 0 Å². The summed E-state index contributed by atoms with van der Waals surface area (Å²) in [6, 6.07) is 0. The number of hydroxylamine groups is 1. The Morgan fingerprint density at radius 1 is 1.22 bits per heavy atom. The van der Waals surface area contributed by atoms with Crippen LogP contribution in [0.15, 0.2) is 0 Å². The molecule has 1 fully saturated rings. The number of hydrogen-bond acceptors (Lipinski definition) is 3. The van der Waals surface area contributed by atoms with Crippen LogP contribution in [-0.4, -0.2) is 32.4 Å². The zero-order chi connectivity index (χ0) is 13.6. The van der Waals surface area contributed by atoms with E-state index in [2.05, 4.69) is 5.48 Å². The fourth-order valence-corrected chi connectivity index (χ4v) is 2.01. The van der Waals surface area contributed by atoms with E-state index in [0.29, 0.717) is 6.61 Å². The van der Waals surface area contributed by atoms with E-state index in [0.717, 1.165) is 0 Å². The number of carbonyl (C=O) groups excluding carboxylic acids is 1. The Hall–Kier alpha value is -0.820. The second-order valence-corrected chi connectivity index (χ2v) is 4.40. The average molecular weight is 269 g/mol. The molecule has 0 saturated heterocycles. The van der Waals surface area contributed by atoms with Crippen LogP contribution < -0.4 is 5.48 Å². The average Bonchev–Trinajstić information content (AvgIpc) is 2.33. The van der Waals surface area contributed by atoms with Crippen molar-refractivity contribution in [3.8, 4) is 0 Å². The highest BCUT2D eigenvalue weighted by Crippen LogP contribution is 2.39. The number of halogens is 3. The molecule has 4 nitrogen and oxygen atoms in total. The first-order valence-electron chi connectivity index (χ1n) is 5.92. The second-order valence-electron chi connectivity index (χ2n) is 4.40. The lowest BCUT2D eigenvalue weighted by molar-refractivity contribution is -0.185. The molecule has 0 bridgehead atoms. The minimum absolute atomic E-state index is 0.0135. The summed E-state index contributed by atoms with van der Waals surface area (Å²) in [4.78, 5) is 16.4. The number of nitrogens with one attached hydrogen (secondary N) is 1. The van der Waals surface area contributed by atoms with E-state index in [1.54, 1.807) is 0 Å². The first-order chi connectivity index (χ1) is 8.45. The zero-order valence-electron chi connectivity index (χ0n) is 10.3. The van der Waals surface area contributed by atoms with Gasteiger partial charge >= 0.3 is 6.18 Å². The smallest absolute Gasteiger partial charge is 0.382 e. The van der Waals surface area contributed by atoms with Crippen molar-refractivity contribution >= 4 is 5.91 Å². The van der Waals surface area contributed by atoms with E-state index in [9.17, 15) is 18.0 Å². The number of ether oxygens (including phenoxy) is 1. The third kappa shape index (κ3) is 4.81. The van der Waals surface area contributed by atoms with Gasteiger partial charge in [0.1, 0.15) is 0 Å². The third-order valence-electron chi connectivity index (χ3n) is 3.12. The van der Waals surface area contributed by atoms with Gasteiger partial charge in [-0.1, -0.05) is 0 Å². The molecule has 0 atom stereocenters. The Labute approximate surface area is 104 Å². The van der Waals surface area contributed by atoms with Gasteiger partial charge in [-0.2, -0.15) is 13.2 Å². The molecule has 0 aromatic rings. The van der Waals surface area contributed by atoms with Crippen molar-refractivity contribution < 1.29 is 27.5 Å². The number of alkyl halides is 3. The first-order valence-corrected chi connectivity index (χ1v) is 5.92. The molecule has 0 spiro atoms. The van der Waals surface area contributed by atoms with Gasteiger partial charge in [0.05, 0.1) is 19.1 Å². The van der Waals surface area contributed by atoms with Gasteiger partial charge < -0.3 is 4.74 Å². The molecule has 0 heterocycles. The van der Waals surface area contributed by atoms with Crippen molar-refractivity contribution in [2.45, 2.75) is 31.9 Å². The maximum Gasteiger partial charge on any atom is 0.391 e. The topological polar surface area (TPSA) is 47.6 Å². The maximum absolute atomic E-state index is 12.4. The minimum atomic E-state index is -4.14. The van der Waals surface area contributed by atoms with Crippen LogP contribution in [-0.2, 0) is 14.4 Å². The van der Waals surface area contributed by atoms with Gasteiger partial charge in [0.25, 0.3) is 0 Å². The van der Waals surface area contributed by atoms with E-state index < -0.39 is 12.1 Å². The Balaban J connectivity index is 2.23. The summed E-state index contributed by atoms with van der Waals surface area (Å²) in [7, 11) is 1.50. The summed E-state index contributed by atoms with van der Waals surface area (Å²) in [6.45, 7) is 0.571. The number of rotatable bonds is 5. The van der Waals surface area contributed by atoms with E-state index in [1.165, 1.54) is 7.11 Å². The van der Waals surface area contributed by atoms with E-state index in [4.69, 9.17) is 9.57 Å². The fourth-order valence-electron chi connectivity index (χ4n) is 2.01. The summed E-state index contributed by atoms with van der Waals surface area (Å²) in [5.41, 5.74) is 2.24. The van der Waals surface area contributed by atoms with Crippen molar-refractivity contribution in [1.82, 2.24) is 5.48 Å². The summed E-state index contributed by atoms with van der Waals surface area (Å²) in [6.07, 6.45) is -3.61. The molecule has 1 rings (SSSR count). The number of methoxy groups -OCH3 is 1. The van der Waals surface area contributed by atoms with Crippen molar-refractivity contribution in [3.63, 3.8) is 0 Å². The van der Waals surface area contributed by atoms with Crippen LogP contribution in [0.1, 0.15) is 25.7 Å². The molecule has 106 valence electrons. The third-order valence-corrected chi connectivity index (χ3v) is 3.12. The molecule has 0 aromatic carbocycles. The van der Waals surface area contributed by atoms with Crippen LogP contribution in [0, 0.1) is 11.8 Å². The number of hydrogen-bond donors (Lipinski definition) is 1. The molecule has 0 aromatic heterocycles. The summed E-state index contributed by atoms with van der Waals surface area (Å²) < 4.78 is 42.0. The largest absolute Gasteiger partial charge is 0.391 e. The maximum atomic E-state index is 12.4. The number of amides is 1. The van der Waals surface area contributed by atoms with Gasteiger partial charge in [-0.15, -0.1) is 0 Å². The van der Waals surface area contributed by atoms with E-state index in [1.807, 2.05) is 0 Å². The Morgan fingerprint density at radius 2 is 1.83 bits per heavy atom. The SMILES string of the molecule is COCCONC(=O)C1CCC(C(F)(F)F)CC1. The van der Waals surface area contributed by atoms with Gasteiger partial charge in [0.15, 0.2) is 0 Å². The highest BCUT2D eigenvalue weighted by atomic mass is 19.4. The van der Waals surface area contributed by atoms with Crippen LogP contribution in [0.25, 0.3) is 0 Å². The Morgan fingerprint density at radius 3 is 2.33 bits per heavy atom. The highest BCUT2D eigenvalue weighted by molar-refractivity contribution is 5.77. The molecule has 0 unspecified atom stereocenters. The predicted octanol–water partition coefficient (Wildman–Crippen LogP) is 2.05. The lowest BCUT2D eigenvalue weighted by Gasteiger charge is -2.28. The molecular weight excluding hydrogens is 251 g/mol. The lowest BCUT2D eigenvalue weighted by atomic mass is 9.81. The van der Waals surface area contributed by atoms with Crippen LogP contribution in [0.5, 0.6) is 0 Å². The minimum Gasteiger partial charge on any atom is -0.382 e. The predicted molar refractivity (Wildman–Crippen MR) is 57.5 cm³/mol. The monoisotopic (exact) mass is 269 g/mol. The molecule has 1 N–H and O–H groups in total. The van der Waals surface area contributed by atoms with Gasteiger partial charge in [-0.3, -0.25) is 9.63 Å². The van der Waals surface area contributed by atoms with Gasteiger partial charge in [-0.25, -0.2) is 5.48 Å². The molecule has 1 amide bonds. The molecule has 1 saturated carbocycles. The summed E-state index contributed by atoms with van der Waals surface area (Å²) >= 11 is 0. The Kier molecular flexibility index (Phi) is 5.87. The van der Waals surface area contributed by atoms with Crippen molar-refractivity contribution in [2.75, 3.05) is 20.3 Å². The zero-order valence-corrected chi connectivity index (χ0v) is 10.3. The van der Waals surface area contributed by atoms with E-state index >= 15 is 0 Å². The van der Waals surface area contributed by atoms with Gasteiger partial charge in [0.2, 0.25) is 5.91 Å². The van der Waals surface area contributed by atoms with Crippen LogP contribution in [0.3, 0.4) is 0 Å². The van der Waals surface area contributed by atoms with Crippen LogP contribution in [0.2, 0.25) is 0 Å². The summed E-state index contributed by atoms with van der Waals surface area (Å²) in [5, 5.41) is 0. The standard InChI is InChI=1S/C11H18F3NO3/c1-17-6-7-18-15-10(16)8-2-4-9(5-3-8)11(12,13)14/h8-9H,2-7H2,1H3,(H,15,16). The molecule has 18 heavy (non-hydrogen) atoms. The Bertz CT molecular complexity index is 263. The van der Waals surface area contributed by atoms with Gasteiger partial charge in [-0.05, 0) is 25.7 Å². The highest BCUT2D eigenvalue weighted by Gasteiger charge is 2.42. The van der Waals surface area contributed by atoms with Gasteiger partial charge in [0, 0.05) is 13.0 Å². The second kappa shape index (κ2) is 6.94. The number of carbonyl (C=O) groups is 1. The fraction of sp³-hybridized carbons (Fsp3) is 0.909. The van der Waals surface area contributed by atoms with Crippen LogP contribution in [0.4, 0.5) is 13.2 Å². The molecule has 7 heteroatoms. The molecule has 0 radical (unpaired) electrons. The normalized spacial score (nSPS) is 24.9. The van der Waals surface area contributed by atoms with Crippen molar-refractivity contribution in [2.24, 2.45) is 11.8 Å². The molecular formula is C11H18F3NO3. The van der Waals surface area contributed by atoms with Crippen molar-refractivity contribution in [3.05, 3.63) is 0 Å². The molecule has 1 aliphatic rings. The summed E-state index contributed by atoms with van der Waals surface area (Å²) in [5.74, 6) is -1.99. The molecule has 1 aliphatic carbocycles. The van der Waals surface area contributed by atoms with E-state index in [-0.39, 0.29) is 44.1 Å². The molecule has 0 aliphatic heterocycles. The first kappa shape index (κ1) is 15.2. The van der Waals surface area contributed by atoms with Crippen molar-refractivity contribution in [1.29, 1.82) is 0 Å². The quantitative estimate of drug-likeness (QED) is 0.614.